The van der Waals surface area contributed by atoms with Crippen molar-refractivity contribution in [3.63, 3.8) is 0 Å². The first-order chi connectivity index (χ1) is 8.23. The van der Waals surface area contributed by atoms with Crippen LogP contribution in [0.2, 0.25) is 0 Å². The van der Waals surface area contributed by atoms with Crippen molar-refractivity contribution in [2.75, 3.05) is 0 Å². The van der Waals surface area contributed by atoms with E-state index in [0.29, 0.717) is 5.75 Å². The van der Waals surface area contributed by atoms with Gasteiger partial charge in [-0.15, -0.1) is 0 Å². The van der Waals surface area contributed by atoms with Crippen LogP contribution < -0.4 is 0 Å². The van der Waals surface area contributed by atoms with Gasteiger partial charge in [0.05, 0.1) is 5.60 Å². The number of phenolic OH excluding ortho intramolecular Hbond substituents is 1. The van der Waals surface area contributed by atoms with E-state index in [-0.39, 0.29) is 16.6 Å². The molecule has 0 spiro atoms. The van der Waals surface area contributed by atoms with Crippen molar-refractivity contribution in [3.05, 3.63) is 27.7 Å². The van der Waals surface area contributed by atoms with Gasteiger partial charge >= 0.3 is 0 Å². The molecule has 1 saturated heterocycles. The molecule has 3 atom stereocenters. The minimum atomic E-state index is -0.147. The molecule has 2 nitrogen and oxygen atoms in total. The number of hydrogen-bond donors (Lipinski definition) is 1. The largest absolute Gasteiger partial charge is 0.508 e. The van der Waals surface area contributed by atoms with Crippen molar-refractivity contribution in [2.45, 2.75) is 57.2 Å². The van der Waals surface area contributed by atoms with E-state index in [0.717, 1.165) is 28.4 Å². The second kappa shape index (κ2) is 3.31. The number of fused-ring (bicyclic) bond motifs is 1. The van der Waals surface area contributed by atoms with Crippen LogP contribution in [0.5, 0.6) is 5.75 Å². The molecule has 0 amide bonds. The number of ether oxygens (including phenoxy) is 1. The fourth-order valence-electron chi connectivity index (χ4n) is 3.64. The van der Waals surface area contributed by atoms with Crippen molar-refractivity contribution in [2.24, 2.45) is 0 Å². The predicted octanol–water partition coefficient (Wildman–Crippen LogP) is 4.06. The number of aromatic hydroxyl groups is 1. The van der Waals surface area contributed by atoms with Crippen LogP contribution in [0.4, 0.5) is 0 Å². The van der Waals surface area contributed by atoms with Crippen molar-refractivity contribution < 1.29 is 9.84 Å². The number of rotatable bonds is 1. The van der Waals surface area contributed by atoms with Crippen LogP contribution in [0.25, 0.3) is 0 Å². The van der Waals surface area contributed by atoms with E-state index in [4.69, 9.17) is 4.74 Å². The topological polar surface area (TPSA) is 32.8 Å². The van der Waals surface area contributed by atoms with Crippen LogP contribution >= 0.6 is 15.9 Å². The van der Waals surface area contributed by atoms with E-state index in [9.17, 15) is 5.11 Å². The van der Waals surface area contributed by atoms with Gasteiger partial charge in [-0.1, -0.05) is 22.9 Å². The van der Waals surface area contributed by atoms with E-state index >= 15 is 0 Å². The van der Waals surface area contributed by atoms with Crippen molar-refractivity contribution in [1.29, 1.82) is 0 Å². The Hall–Kier alpha value is -0.540. The van der Waals surface area contributed by atoms with E-state index in [2.05, 4.69) is 42.8 Å². The van der Waals surface area contributed by atoms with E-state index in [1.807, 2.05) is 13.0 Å². The standard InChI is InChI=1S/C15H19BrO2/c1-9-7-12(17)10(8-11(9)16)13(2)5-6-14(3)15(13,4)18-14/h7-8,17H,5-6H2,1-4H3. The lowest BCUT2D eigenvalue weighted by Crippen LogP contribution is -2.36. The van der Waals surface area contributed by atoms with Gasteiger partial charge in [-0.25, -0.2) is 0 Å². The highest BCUT2D eigenvalue weighted by Crippen LogP contribution is 2.69. The molecule has 0 radical (unpaired) electrons. The van der Waals surface area contributed by atoms with Crippen molar-refractivity contribution in [1.82, 2.24) is 0 Å². The molecule has 1 aromatic carbocycles. The zero-order valence-electron chi connectivity index (χ0n) is 11.3. The molecular weight excluding hydrogens is 292 g/mol. The summed E-state index contributed by atoms with van der Waals surface area (Å²) in [6.07, 6.45) is 2.12. The van der Waals surface area contributed by atoms with Crippen LogP contribution in [0.15, 0.2) is 16.6 Å². The van der Waals surface area contributed by atoms with Gasteiger partial charge in [-0.05, 0) is 51.3 Å². The monoisotopic (exact) mass is 310 g/mol. The third kappa shape index (κ3) is 1.27. The summed E-state index contributed by atoms with van der Waals surface area (Å²) in [6.45, 7) is 8.55. The molecule has 3 rings (SSSR count). The predicted molar refractivity (Wildman–Crippen MR) is 75.0 cm³/mol. The third-order valence-corrected chi connectivity index (χ3v) is 6.28. The van der Waals surface area contributed by atoms with Crippen LogP contribution in [0.1, 0.15) is 44.7 Å². The zero-order valence-corrected chi connectivity index (χ0v) is 12.9. The Bertz CT molecular complexity index is 538. The molecule has 18 heavy (non-hydrogen) atoms. The number of hydrogen-bond acceptors (Lipinski definition) is 2. The zero-order chi connectivity index (χ0) is 13.3. The third-order valence-electron chi connectivity index (χ3n) is 5.42. The Morgan fingerprint density at radius 1 is 1.22 bits per heavy atom. The highest BCUT2D eigenvalue weighted by molar-refractivity contribution is 9.10. The maximum atomic E-state index is 10.3. The first kappa shape index (κ1) is 12.5. The van der Waals surface area contributed by atoms with Gasteiger partial charge in [0, 0.05) is 15.5 Å². The molecule has 3 unspecified atom stereocenters. The Labute approximate surface area is 116 Å². The van der Waals surface area contributed by atoms with Gasteiger partial charge in [-0.2, -0.15) is 0 Å². The summed E-state index contributed by atoms with van der Waals surface area (Å²) in [5, 5.41) is 10.3. The van der Waals surface area contributed by atoms with E-state index in [1.165, 1.54) is 0 Å². The molecule has 3 heteroatoms. The molecule has 1 N–H and O–H groups in total. The molecule has 2 aliphatic rings. The lowest BCUT2D eigenvalue weighted by atomic mass is 9.72. The van der Waals surface area contributed by atoms with Gasteiger partial charge in [0.25, 0.3) is 0 Å². The van der Waals surface area contributed by atoms with Crippen LogP contribution in [-0.2, 0) is 10.2 Å². The Morgan fingerprint density at radius 2 is 1.89 bits per heavy atom. The smallest absolute Gasteiger partial charge is 0.119 e. The van der Waals surface area contributed by atoms with E-state index < -0.39 is 0 Å². The first-order valence-corrected chi connectivity index (χ1v) is 7.23. The summed E-state index contributed by atoms with van der Waals surface area (Å²) in [4.78, 5) is 0. The van der Waals surface area contributed by atoms with Crippen LogP contribution in [0.3, 0.4) is 0 Å². The van der Waals surface area contributed by atoms with Crippen LogP contribution in [-0.4, -0.2) is 16.3 Å². The summed E-state index contributed by atoms with van der Waals surface area (Å²) >= 11 is 3.56. The maximum absolute atomic E-state index is 10.3. The summed E-state index contributed by atoms with van der Waals surface area (Å²) in [5.74, 6) is 0.388. The van der Waals surface area contributed by atoms with Crippen molar-refractivity contribution >= 4 is 15.9 Å². The van der Waals surface area contributed by atoms with Gasteiger partial charge < -0.3 is 9.84 Å². The molecular formula is C15H19BrO2. The number of epoxide rings is 1. The minimum Gasteiger partial charge on any atom is -0.508 e. The van der Waals surface area contributed by atoms with Gasteiger partial charge in [0.2, 0.25) is 0 Å². The molecule has 0 bridgehead atoms. The number of benzene rings is 1. The quantitative estimate of drug-likeness (QED) is 0.793. The Kier molecular flexibility index (Phi) is 2.30. The number of aryl methyl sites for hydroxylation is 1. The molecule has 1 aliphatic carbocycles. The second-order valence-corrected chi connectivity index (χ2v) is 7.17. The van der Waals surface area contributed by atoms with Gasteiger partial charge in [0.15, 0.2) is 0 Å². The lowest BCUT2D eigenvalue weighted by molar-refractivity contribution is 0.161. The summed E-state index contributed by atoms with van der Waals surface area (Å²) in [6, 6.07) is 3.90. The Balaban J connectivity index is 2.14. The summed E-state index contributed by atoms with van der Waals surface area (Å²) in [5.41, 5.74) is 1.80. The highest BCUT2D eigenvalue weighted by Gasteiger charge is 2.76. The molecule has 1 saturated carbocycles. The molecule has 0 aromatic heterocycles. The maximum Gasteiger partial charge on any atom is 0.119 e. The minimum absolute atomic E-state index is 0.00838. The average Bonchev–Trinajstić information content (AvgIpc) is 2.79. The second-order valence-electron chi connectivity index (χ2n) is 6.32. The molecule has 1 aliphatic heterocycles. The summed E-state index contributed by atoms with van der Waals surface area (Å²) in [7, 11) is 0. The number of phenols is 1. The highest BCUT2D eigenvalue weighted by atomic mass is 79.9. The normalized spacial score (nSPS) is 41.8. The van der Waals surface area contributed by atoms with Crippen molar-refractivity contribution in [3.8, 4) is 5.75 Å². The lowest BCUT2D eigenvalue weighted by Gasteiger charge is -2.32. The number of halogens is 1. The van der Waals surface area contributed by atoms with Gasteiger partial charge in [-0.3, -0.25) is 0 Å². The first-order valence-electron chi connectivity index (χ1n) is 6.43. The molecule has 98 valence electrons. The Morgan fingerprint density at radius 3 is 2.39 bits per heavy atom. The van der Waals surface area contributed by atoms with Gasteiger partial charge in [0.1, 0.15) is 11.4 Å². The summed E-state index contributed by atoms with van der Waals surface area (Å²) < 4.78 is 7.05. The van der Waals surface area contributed by atoms with Crippen LogP contribution in [0, 0.1) is 6.92 Å². The van der Waals surface area contributed by atoms with E-state index in [1.54, 1.807) is 0 Å². The fraction of sp³-hybridized carbons (Fsp3) is 0.600. The average molecular weight is 311 g/mol. The fourth-order valence-corrected chi connectivity index (χ4v) is 3.98. The molecule has 1 aromatic rings. The molecule has 1 heterocycles. The SMILES string of the molecule is Cc1cc(O)c(C2(C)CCC3(C)OC32C)cc1Br. The molecule has 2 fully saturated rings.